The topological polar surface area (TPSA) is 187 Å². The van der Waals surface area contributed by atoms with Gasteiger partial charge in [0.1, 0.15) is 19.3 Å². The van der Waals surface area contributed by atoms with Crippen LogP contribution in [0.15, 0.2) is 0 Å². The van der Waals surface area contributed by atoms with E-state index in [1.54, 1.807) is 32.6 Å². The maximum atomic E-state index is 13.3. The molecule has 3 heterocycles. The normalized spacial score (nSPS) is 25.8. The number of hydrogen-bond donors (Lipinski definition) is 1. The molecular weight excluding hydrogens is 514 g/mol. The SMILES string of the molecule is CC(C)(C)NCC(COc1nsnc1N1CC(CO[N+](=O)[O-])OC2C1C(C)(C)N([O])C2(C)C)O[N+](=O)[O-]. The summed E-state index contributed by atoms with van der Waals surface area (Å²) in [6.07, 6.45) is -2.32. The second-order valence-corrected chi connectivity index (χ2v) is 11.7. The van der Waals surface area contributed by atoms with Gasteiger partial charge in [-0.3, -0.25) is 0 Å². The molecule has 1 radical (unpaired) electrons. The van der Waals surface area contributed by atoms with Gasteiger partial charge in [0.2, 0.25) is 5.82 Å². The number of fused-ring (bicyclic) bond motifs is 1. The first-order valence-corrected chi connectivity index (χ1v) is 12.5. The fourth-order valence-electron chi connectivity index (χ4n) is 4.84. The zero-order valence-corrected chi connectivity index (χ0v) is 22.7. The van der Waals surface area contributed by atoms with E-state index in [0.29, 0.717) is 5.82 Å². The second kappa shape index (κ2) is 10.6. The van der Waals surface area contributed by atoms with Gasteiger partial charge in [-0.05, 0) is 48.5 Å². The molecule has 0 bridgehead atoms. The van der Waals surface area contributed by atoms with Crippen LogP contribution in [0.2, 0.25) is 0 Å². The Kier molecular flexibility index (Phi) is 8.33. The minimum absolute atomic E-state index is 0.102. The van der Waals surface area contributed by atoms with E-state index in [1.165, 1.54) is 0 Å². The molecule has 0 spiro atoms. The molecule has 37 heavy (non-hydrogen) atoms. The van der Waals surface area contributed by atoms with Crippen molar-refractivity contribution in [3.63, 3.8) is 0 Å². The lowest BCUT2D eigenvalue weighted by Crippen LogP contribution is -2.62. The summed E-state index contributed by atoms with van der Waals surface area (Å²) in [7, 11) is 0. The molecule has 17 heteroatoms. The standard InChI is InChI=1S/C20H34N7O9S/c1-18(2,3)21-8-12(36-27(31)32)10-33-17-16(22-37-23-17)24-9-13(11-34-26(29)30)35-15-14(24)19(4,5)25(28)20(15,6)7/h12-15,21H,8-11H2,1-7H3. The highest BCUT2D eigenvalue weighted by molar-refractivity contribution is 6.99. The van der Waals surface area contributed by atoms with Crippen LogP contribution in [0.1, 0.15) is 48.5 Å². The fourth-order valence-corrected chi connectivity index (χ4v) is 5.35. The van der Waals surface area contributed by atoms with Gasteiger partial charge in [-0.25, -0.2) is 0 Å². The van der Waals surface area contributed by atoms with Crippen LogP contribution < -0.4 is 15.0 Å². The van der Waals surface area contributed by atoms with Crippen LogP contribution in [0, 0.1) is 20.2 Å². The van der Waals surface area contributed by atoms with Gasteiger partial charge in [0.05, 0.1) is 35.0 Å². The molecule has 1 aromatic heterocycles. The molecule has 3 rings (SSSR count). The number of morpholine rings is 1. The van der Waals surface area contributed by atoms with Crippen molar-refractivity contribution < 1.29 is 34.5 Å². The Morgan fingerprint density at radius 3 is 2.46 bits per heavy atom. The van der Waals surface area contributed by atoms with Gasteiger partial charge in [0, 0.05) is 18.6 Å². The first kappa shape index (κ1) is 29.0. The second-order valence-electron chi connectivity index (χ2n) is 11.2. The molecule has 209 valence electrons. The molecule has 1 aromatic rings. The molecule has 0 amide bonds. The van der Waals surface area contributed by atoms with Crippen LogP contribution in [0.25, 0.3) is 0 Å². The van der Waals surface area contributed by atoms with Crippen molar-refractivity contribution >= 4 is 17.5 Å². The van der Waals surface area contributed by atoms with Crippen LogP contribution in [0.4, 0.5) is 5.82 Å². The summed E-state index contributed by atoms with van der Waals surface area (Å²) in [5.41, 5.74) is -2.20. The third kappa shape index (κ3) is 6.46. The summed E-state index contributed by atoms with van der Waals surface area (Å²) >= 11 is 0.869. The van der Waals surface area contributed by atoms with Crippen LogP contribution in [-0.2, 0) is 19.6 Å². The van der Waals surface area contributed by atoms with E-state index in [4.69, 9.17) is 14.3 Å². The number of ether oxygens (including phenoxy) is 2. The number of aromatic nitrogens is 2. The van der Waals surface area contributed by atoms with E-state index in [1.807, 2.05) is 20.8 Å². The lowest BCUT2D eigenvalue weighted by molar-refractivity contribution is -0.768. The monoisotopic (exact) mass is 548 g/mol. The molecule has 0 aromatic carbocycles. The van der Waals surface area contributed by atoms with E-state index in [0.717, 1.165) is 16.8 Å². The molecular formula is C20H34N7O9S. The van der Waals surface area contributed by atoms with Crippen LogP contribution in [0.5, 0.6) is 5.88 Å². The molecule has 0 aliphatic carbocycles. The number of anilines is 1. The van der Waals surface area contributed by atoms with Crippen molar-refractivity contribution in [1.29, 1.82) is 0 Å². The van der Waals surface area contributed by atoms with Gasteiger partial charge in [-0.15, -0.1) is 34.9 Å². The average Bonchev–Trinajstić information content (AvgIpc) is 3.30. The van der Waals surface area contributed by atoms with E-state index in [-0.39, 0.29) is 37.7 Å². The quantitative estimate of drug-likeness (QED) is 0.308. The summed E-state index contributed by atoms with van der Waals surface area (Å²) in [5.74, 6) is 0.405. The van der Waals surface area contributed by atoms with Gasteiger partial charge in [-0.1, -0.05) is 0 Å². The highest BCUT2D eigenvalue weighted by Gasteiger charge is 2.64. The summed E-state index contributed by atoms with van der Waals surface area (Å²) in [5, 5.41) is 37.4. The third-order valence-corrected chi connectivity index (χ3v) is 6.91. The van der Waals surface area contributed by atoms with Gasteiger partial charge < -0.3 is 29.4 Å². The van der Waals surface area contributed by atoms with Crippen LogP contribution in [-0.4, -0.2) is 91.3 Å². The molecule has 4 unspecified atom stereocenters. The zero-order chi connectivity index (χ0) is 27.8. The largest absolute Gasteiger partial charge is 0.472 e. The van der Waals surface area contributed by atoms with E-state index in [9.17, 15) is 25.4 Å². The van der Waals surface area contributed by atoms with Crippen LogP contribution >= 0.6 is 11.7 Å². The van der Waals surface area contributed by atoms with E-state index in [2.05, 4.69) is 18.9 Å². The van der Waals surface area contributed by atoms with Crippen molar-refractivity contribution in [2.75, 3.05) is 31.2 Å². The highest BCUT2D eigenvalue weighted by atomic mass is 32.1. The number of hydrogen-bond acceptors (Lipinski definition) is 14. The zero-order valence-electron chi connectivity index (χ0n) is 21.9. The van der Waals surface area contributed by atoms with Gasteiger partial charge in [0.25, 0.3) is 16.1 Å². The predicted molar refractivity (Wildman–Crippen MR) is 128 cm³/mol. The molecule has 16 nitrogen and oxygen atoms in total. The molecule has 0 saturated carbocycles. The van der Waals surface area contributed by atoms with Crippen molar-refractivity contribution in [1.82, 2.24) is 19.1 Å². The van der Waals surface area contributed by atoms with Gasteiger partial charge in [-0.2, -0.15) is 4.37 Å². The average molecular weight is 549 g/mol. The van der Waals surface area contributed by atoms with Gasteiger partial charge >= 0.3 is 0 Å². The van der Waals surface area contributed by atoms with Crippen molar-refractivity contribution in [3.8, 4) is 5.88 Å². The smallest absolute Gasteiger partial charge is 0.294 e. The van der Waals surface area contributed by atoms with Crippen molar-refractivity contribution in [3.05, 3.63) is 20.2 Å². The van der Waals surface area contributed by atoms with Crippen molar-refractivity contribution in [2.45, 2.75) is 89.4 Å². The number of nitrogens with zero attached hydrogens (tertiary/aromatic N) is 6. The first-order chi connectivity index (χ1) is 17.0. The lowest BCUT2D eigenvalue weighted by Gasteiger charge is -2.46. The molecule has 1 N–H and O–H groups in total. The minimum Gasteiger partial charge on any atom is -0.472 e. The number of nitrogens with one attached hydrogen (secondary N) is 1. The Bertz CT molecular complexity index is 970. The lowest BCUT2D eigenvalue weighted by atomic mass is 9.88. The van der Waals surface area contributed by atoms with Gasteiger partial charge in [0.15, 0.2) is 6.10 Å². The number of hydroxylamine groups is 2. The Hall–Kier alpha value is -2.60. The summed E-state index contributed by atoms with van der Waals surface area (Å²) in [6.45, 7) is 12.5. The predicted octanol–water partition coefficient (Wildman–Crippen LogP) is 1.25. The first-order valence-electron chi connectivity index (χ1n) is 11.7. The molecule has 2 aliphatic heterocycles. The summed E-state index contributed by atoms with van der Waals surface area (Å²) < 4.78 is 20.6. The Morgan fingerprint density at radius 1 is 1.19 bits per heavy atom. The molecule has 2 saturated heterocycles. The maximum absolute atomic E-state index is 13.3. The Labute approximate surface area is 218 Å². The highest BCUT2D eigenvalue weighted by Crippen LogP contribution is 2.48. The molecule has 4 atom stereocenters. The Morgan fingerprint density at radius 2 is 1.86 bits per heavy atom. The Balaban J connectivity index is 1.87. The minimum atomic E-state index is -0.965. The van der Waals surface area contributed by atoms with E-state index >= 15 is 0 Å². The van der Waals surface area contributed by atoms with Crippen LogP contribution in [0.3, 0.4) is 0 Å². The number of rotatable bonds is 11. The summed E-state index contributed by atoms with van der Waals surface area (Å²) in [6, 6.07) is -0.508. The third-order valence-electron chi connectivity index (χ3n) is 6.41. The fraction of sp³-hybridized carbons (Fsp3) is 0.900. The summed E-state index contributed by atoms with van der Waals surface area (Å²) in [4.78, 5) is 33.0. The van der Waals surface area contributed by atoms with Crippen molar-refractivity contribution in [2.24, 2.45) is 0 Å². The maximum Gasteiger partial charge on any atom is 0.294 e. The molecule has 2 fully saturated rings. The van der Waals surface area contributed by atoms with E-state index < -0.39 is 45.6 Å². The molecule has 2 aliphatic rings.